The Bertz CT molecular complexity index is 443. The van der Waals surface area contributed by atoms with Crippen LogP contribution in [0.1, 0.15) is 26.3 Å². The summed E-state index contributed by atoms with van der Waals surface area (Å²) in [5.41, 5.74) is 3.55. The average molecular weight is 715 g/mol. The Morgan fingerprint density at radius 1 is 1.00 bits per heavy atom. The molecule has 0 saturated heterocycles. The van der Waals surface area contributed by atoms with Gasteiger partial charge in [0, 0.05) is 0 Å². The van der Waals surface area contributed by atoms with Crippen molar-refractivity contribution in [1.29, 1.82) is 0 Å². The molecule has 110 valence electrons. The van der Waals surface area contributed by atoms with E-state index in [0.29, 0.717) is 5.69 Å². The molecule has 1 aromatic carbocycles. The van der Waals surface area contributed by atoms with Crippen LogP contribution in [0.25, 0.3) is 0 Å². The summed E-state index contributed by atoms with van der Waals surface area (Å²) in [6.07, 6.45) is 0. The number of benzene rings is 1. The van der Waals surface area contributed by atoms with Gasteiger partial charge in [0.1, 0.15) is 0 Å². The molecule has 0 aliphatic carbocycles. The van der Waals surface area contributed by atoms with E-state index >= 15 is 0 Å². The maximum absolute atomic E-state index is 10.4. The van der Waals surface area contributed by atoms with Crippen molar-refractivity contribution in [2.24, 2.45) is 3.95 Å². The number of halogens is 4. The number of nitrogens with one attached hydrogen (secondary N) is 3. The van der Waals surface area contributed by atoms with E-state index < -0.39 is 21.5 Å². The van der Waals surface area contributed by atoms with Gasteiger partial charge in [0.15, 0.2) is 0 Å². The van der Waals surface area contributed by atoms with Crippen LogP contribution >= 0.6 is 68.6 Å². The van der Waals surface area contributed by atoms with Crippen molar-refractivity contribution in [1.82, 2.24) is 0 Å². The molecule has 1 rings (SSSR count). The van der Waals surface area contributed by atoms with Crippen LogP contribution in [0.3, 0.4) is 0 Å². The predicted octanol–water partition coefficient (Wildman–Crippen LogP) is 1.11. The van der Waals surface area contributed by atoms with Gasteiger partial charge in [-0.2, -0.15) is 0 Å². The van der Waals surface area contributed by atoms with Crippen molar-refractivity contribution in [3.05, 3.63) is 9.13 Å². The van der Waals surface area contributed by atoms with Gasteiger partial charge in [0.05, 0.1) is 0 Å². The molecule has 19 heavy (non-hydrogen) atoms. The fourth-order valence-corrected chi connectivity index (χ4v) is 5.24. The normalized spacial score (nSPS) is 11.5. The van der Waals surface area contributed by atoms with Crippen LogP contribution in [-0.4, -0.2) is 5.11 Å². The van der Waals surface area contributed by atoms with E-state index in [-0.39, 0.29) is 11.2 Å². The standard InChI is InChI=1S/C10H15I4N4O/c1-10(2,3)4-6(16-11)5(14-15)9(19)8(18-13)7(4)17-12/h16-19H,15H2,1-3H3/q-1. The molecule has 5 nitrogen and oxygen atoms in total. The van der Waals surface area contributed by atoms with Gasteiger partial charge in [-0.15, -0.1) is 0 Å². The summed E-state index contributed by atoms with van der Waals surface area (Å²) in [5, 5.41) is 10.4. The summed E-state index contributed by atoms with van der Waals surface area (Å²) in [6.45, 7) is 6.43. The molecule has 0 saturated carbocycles. The molecule has 0 heterocycles. The second-order valence-electron chi connectivity index (χ2n) is 4.81. The third kappa shape index (κ3) is 3.74. The average Bonchev–Trinajstić information content (AvgIpc) is 2.35. The Kier molecular flexibility index (Phi) is 7.27. The zero-order valence-corrected chi connectivity index (χ0v) is 19.2. The molecule has 6 N–H and O–H groups in total. The maximum atomic E-state index is 10.4. The molecular formula is C10H15I4N4O-. The van der Waals surface area contributed by atoms with E-state index in [1.54, 1.807) is 0 Å². The van der Waals surface area contributed by atoms with Crippen molar-refractivity contribution in [3.63, 3.8) is 0 Å². The molecule has 1 aromatic rings. The Balaban J connectivity index is 3.85. The molecular weight excluding hydrogens is 700 g/mol. The zero-order chi connectivity index (χ0) is 14.8. The van der Waals surface area contributed by atoms with E-state index in [0.717, 1.165) is 20.5 Å². The Morgan fingerprint density at radius 3 is 1.79 bits per heavy atom. The number of hydrogen-bond donors (Lipinski definition) is 5. The van der Waals surface area contributed by atoms with Crippen LogP contribution in [0.15, 0.2) is 0 Å². The van der Waals surface area contributed by atoms with Crippen LogP contribution < -0.4 is 36.0 Å². The van der Waals surface area contributed by atoms with Crippen molar-refractivity contribution >= 4 is 85.7 Å². The Morgan fingerprint density at radius 2 is 1.47 bits per heavy atom. The number of hydrogen-bond acceptors (Lipinski definition) is 5. The first kappa shape index (κ1) is 18.3. The van der Waals surface area contributed by atoms with Crippen molar-refractivity contribution in [2.75, 3.05) is 10.6 Å². The summed E-state index contributed by atoms with van der Waals surface area (Å²) < 4.78 is 16.1. The number of rotatable bonds is 4. The van der Waals surface area contributed by atoms with E-state index in [4.69, 9.17) is 3.95 Å². The second-order valence-corrected chi connectivity index (χ2v) is 8.12. The molecule has 0 unspecified atom stereocenters. The number of nitrogens with two attached hydrogens (primary N) is 1. The van der Waals surface area contributed by atoms with Gasteiger partial charge in [0.25, 0.3) is 0 Å². The summed E-state index contributed by atoms with van der Waals surface area (Å²) in [5.74, 6) is 0.232. The molecule has 0 bridgehead atoms. The van der Waals surface area contributed by atoms with Gasteiger partial charge in [-0.1, -0.05) is 0 Å². The fraction of sp³-hybridized carbons (Fsp3) is 0.400. The number of phenolic OH excluding ortho intramolecular Hbond substituents is 1. The molecule has 0 aromatic heterocycles. The fourth-order valence-electron chi connectivity index (χ4n) is 1.84. The quantitative estimate of drug-likeness (QED) is 0.184. The van der Waals surface area contributed by atoms with Gasteiger partial charge < -0.3 is 0 Å². The topological polar surface area (TPSA) is 82.3 Å². The summed E-state index contributed by atoms with van der Waals surface area (Å²) in [4.78, 5) is 0. The first-order valence-electron chi connectivity index (χ1n) is 5.20. The molecule has 0 aliphatic heterocycles. The molecule has 9 heteroatoms. The molecule has 0 atom stereocenters. The van der Waals surface area contributed by atoms with E-state index in [1.165, 1.54) is 0 Å². The monoisotopic (exact) mass is 715 g/mol. The van der Waals surface area contributed by atoms with Crippen LogP contribution in [0.4, 0.5) is 17.1 Å². The third-order valence-corrected chi connectivity index (χ3v) is 5.85. The molecule has 0 fully saturated rings. The van der Waals surface area contributed by atoms with Gasteiger partial charge in [-0.25, -0.2) is 0 Å². The van der Waals surface area contributed by atoms with Crippen LogP contribution in [-0.2, 0) is 5.41 Å². The summed E-state index contributed by atoms with van der Waals surface area (Å²) in [7, 11) is 0. The minimum absolute atomic E-state index is 0.0788. The minimum atomic E-state index is -0.737. The molecule has 0 spiro atoms. The SMILES string of the molecule is CC(C)(C)c1c(NI)c(NI)c(O)c([I-]N)c1NI. The van der Waals surface area contributed by atoms with Crippen LogP contribution in [0.5, 0.6) is 5.75 Å². The number of phenols is 1. The Hall–Kier alpha value is 1.30. The predicted molar refractivity (Wildman–Crippen MR) is 103 cm³/mol. The molecule has 0 amide bonds. The zero-order valence-electron chi connectivity index (χ0n) is 10.5. The number of anilines is 3. The van der Waals surface area contributed by atoms with Crippen molar-refractivity contribution in [2.45, 2.75) is 26.2 Å². The van der Waals surface area contributed by atoms with Crippen LogP contribution in [0, 0.1) is 3.57 Å². The first-order chi connectivity index (χ1) is 8.83. The Labute approximate surface area is 165 Å². The molecule has 0 aliphatic rings. The van der Waals surface area contributed by atoms with Gasteiger partial charge >= 0.3 is 168 Å². The van der Waals surface area contributed by atoms with E-state index in [9.17, 15) is 5.11 Å². The summed E-state index contributed by atoms with van der Waals surface area (Å²) in [6, 6.07) is 0. The van der Waals surface area contributed by atoms with Gasteiger partial charge in [-0.3, -0.25) is 0 Å². The second kappa shape index (κ2) is 7.53. The van der Waals surface area contributed by atoms with Gasteiger partial charge in [-0.05, 0) is 0 Å². The number of aromatic hydroxyl groups is 1. The van der Waals surface area contributed by atoms with E-state index in [1.807, 2.05) is 22.9 Å². The summed E-state index contributed by atoms with van der Waals surface area (Å²) >= 11 is 5.46. The van der Waals surface area contributed by atoms with Crippen LogP contribution in [0.2, 0.25) is 0 Å². The molecule has 0 radical (unpaired) electrons. The third-order valence-electron chi connectivity index (χ3n) is 2.56. The first-order valence-corrected chi connectivity index (χ1v) is 10.8. The van der Waals surface area contributed by atoms with Crippen molar-refractivity contribution in [3.8, 4) is 5.75 Å². The van der Waals surface area contributed by atoms with E-state index in [2.05, 4.69) is 77.1 Å². The van der Waals surface area contributed by atoms with Gasteiger partial charge in [0.2, 0.25) is 0 Å². The van der Waals surface area contributed by atoms with Crippen molar-refractivity contribution < 1.29 is 26.6 Å².